The molecular formula is C12H10N2O3S. The zero-order valence-corrected chi connectivity index (χ0v) is 10.3. The Balaban J connectivity index is 2.38. The Hall–Kier alpha value is -2.08. The Kier molecular flexibility index (Phi) is 3.78. The highest BCUT2D eigenvalue weighted by Crippen LogP contribution is 2.31. The van der Waals surface area contributed by atoms with Gasteiger partial charge in [0.15, 0.2) is 0 Å². The molecule has 0 saturated carbocycles. The molecule has 1 aromatic carbocycles. The molecule has 18 heavy (non-hydrogen) atoms. The van der Waals surface area contributed by atoms with E-state index in [4.69, 9.17) is 9.84 Å². The fourth-order valence-corrected chi connectivity index (χ4v) is 2.24. The van der Waals surface area contributed by atoms with E-state index in [1.165, 1.54) is 31.3 Å². The predicted molar refractivity (Wildman–Crippen MR) is 66.1 cm³/mol. The van der Waals surface area contributed by atoms with Gasteiger partial charge in [0.05, 0.1) is 12.7 Å². The third-order valence-electron chi connectivity index (χ3n) is 2.19. The maximum Gasteiger partial charge on any atom is 0.336 e. The number of nitrogens with zero attached hydrogens (tertiary/aromatic N) is 2. The summed E-state index contributed by atoms with van der Waals surface area (Å²) in [5, 5.41) is 9.80. The molecular weight excluding hydrogens is 252 g/mol. The highest BCUT2D eigenvalue weighted by atomic mass is 32.2. The number of carbonyl (C=O) groups is 1. The van der Waals surface area contributed by atoms with E-state index >= 15 is 0 Å². The lowest BCUT2D eigenvalue weighted by atomic mass is 10.2. The van der Waals surface area contributed by atoms with Crippen molar-refractivity contribution in [3.05, 3.63) is 42.4 Å². The summed E-state index contributed by atoms with van der Waals surface area (Å²) in [4.78, 5) is 19.6. The second-order valence-corrected chi connectivity index (χ2v) is 4.38. The SMILES string of the molecule is COc1ccc(C(=O)O)c(Sc2ccncn2)c1. The van der Waals surface area contributed by atoms with Crippen LogP contribution >= 0.6 is 11.8 Å². The monoisotopic (exact) mass is 262 g/mol. The fourth-order valence-electron chi connectivity index (χ4n) is 1.34. The molecule has 1 N–H and O–H groups in total. The summed E-state index contributed by atoms with van der Waals surface area (Å²) in [5.74, 6) is -0.370. The third-order valence-corrected chi connectivity index (χ3v) is 3.20. The molecule has 1 aromatic heterocycles. The highest BCUT2D eigenvalue weighted by Gasteiger charge is 2.12. The number of methoxy groups -OCH3 is 1. The van der Waals surface area contributed by atoms with Gasteiger partial charge in [-0.05, 0) is 24.3 Å². The largest absolute Gasteiger partial charge is 0.497 e. The van der Waals surface area contributed by atoms with Crippen LogP contribution in [0.4, 0.5) is 0 Å². The van der Waals surface area contributed by atoms with Crippen molar-refractivity contribution in [3.8, 4) is 5.75 Å². The van der Waals surface area contributed by atoms with E-state index in [9.17, 15) is 4.79 Å². The Morgan fingerprint density at radius 1 is 1.39 bits per heavy atom. The Labute approximate surface area is 108 Å². The smallest absolute Gasteiger partial charge is 0.336 e. The van der Waals surface area contributed by atoms with Crippen LogP contribution in [0, 0.1) is 0 Å². The lowest BCUT2D eigenvalue weighted by Gasteiger charge is -2.07. The van der Waals surface area contributed by atoms with E-state index < -0.39 is 5.97 Å². The molecule has 0 radical (unpaired) electrons. The van der Waals surface area contributed by atoms with Crippen LogP contribution in [-0.2, 0) is 0 Å². The first-order valence-electron chi connectivity index (χ1n) is 5.06. The van der Waals surface area contributed by atoms with Gasteiger partial charge in [-0.3, -0.25) is 0 Å². The van der Waals surface area contributed by atoms with Gasteiger partial charge in [0, 0.05) is 11.1 Å². The molecule has 0 atom stereocenters. The Bertz CT molecular complexity index is 561. The van der Waals surface area contributed by atoms with E-state index in [2.05, 4.69) is 9.97 Å². The number of benzene rings is 1. The van der Waals surface area contributed by atoms with Gasteiger partial charge in [-0.15, -0.1) is 0 Å². The summed E-state index contributed by atoms with van der Waals surface area (Å²) < 4.78 is 5.09. The fraction of sp³-hybridized carbons (Fsp3) is 0.0833. The molecule has 2 rings (SSSR count). The number of hydrogen-bond donors (Lipinski definition) is 1. The molecule has 0 aliphatic rings. The number of carboxylic acids is 1. The first-order chi connectivity index (χ1) is 8.70. The van der Waals surface area contributed by atoms with Gasteiger partial charge in [0.2, 0.25) is 0 Å². The molecule has 0 fully saturated rings. The molecule has 0 spiro atoms. The topological polar surface area (TPSA) is 72.3 Å². The van der Waals surface area contributed by atoms with Crippen molar-refractivity contribution in [2.45, 2.75) is 9.92 Å². The van der Waals surface area contributed by atoms with Gasteiger partial charge in [-0.25, -0.2) is 14.8 Å². The minimum Gasteiger partial charge on any atom is -0.497 e. The van der Waals surface area contributed by atoms with Crippen LogP contribution < -0.4 is 4.74 Å². The van der Waals surface area contributed by atoms with Crippen LogP contribution in [0.2, 0.25) is 0 Å². The van der Waals surface area contributed by atoms with Crippen molar-refractivity contribution in [2.75, 3.05) is 7.11 Å². The molecule has 0 bridgehead atoms. The maximum absolute atomic E-state index is 11.1. The average molecular weight is 262 g/mol. The quantitative estimate of drug-likeness (QED) is 0.853. The minimum atomic E-state index is -0.978. The van der Waals surface area contributed by atoms with Gasteiger partial charge < -0.3 is 9.84 Å². The van der Waals surface area contributed by atoms with Crippen molar-refractivity contribution in [1.29, 1.82) is 0 Å². The summed E-state index contributed by atoms with van der Waals surface area (Å²) in [6.45, 7) is 0. The molecule has 5 nitrogen and oxygen atoms in total. The number of hydrogen-bond acceptors (Lipinski definition) is 5. The highest BCUT2D eigenvalue weighted by molar-refractivity contribution is 7.99. The van der Waals surface area contributed by atoms with Gasteiger partial charge >= 0.3 is 5.97 Å². The number of carboxylic acid groups (broad SMARTS) is 1. The van der Waals surface area contributed by atoms with E-state index in [-0.39, 0.29) is 5.56 Å². The number of aromatic carboxylic acids is 1. The molecule has 2 aromatic rings. The second kappa shape index (κ2) is 5.50. The van der Waals surface area contributed by atoms with Gasteiger partial charge in [-0.1, -0.05) is 11.8 Å². The van der Waals surface area contributed by atoms with Gasteiger partial charge in [-0.2, -0.15) is 0 Å². The lowest BCUT2D eigenvalue weighted by Crippen LogP contribution is -1.99. The van der Waals surface area contributed by atoms with Crippen LogP contribution in [0.15, 0.2) is 46.7 Å². The summed E-state index contributed by atoms with van der Waals surface area (Å²) >= 11 is 1.26. The van der Waals surface area contributed by atoms with E-state index in [0.29, 0.717) is 15.7 Å². The van der Waals surface area contributed by atoms with Crippen LogP contribution in [0.25, 0.3) is 0 Å². The summed E-state index contributed by atoms with van der Waals surface area (Å²) in [6.07, 6.45) is 3.03. The molecule has 0 aliphatic heterocycles. The number of ether oxygens (including phenoxy) is 1. The number of aromatic nitrogens is 2. The standard InChI is InChI=1S/C12H10N2O3S/c1-17-8-2-3-9(12(15)16)10(6-8)18-11-4-5-13-7-14-11/h2-7H,1H3,(H,15,16). The average Bonchev–Trinajstić information content (AvgIpc) is 2.39. The minimum absolute atomic E-state index is 0.222. The van der Waals surface area contributed by atoms with Crippen molar-refractivity contribution in [2.24, 2.45) is 0 Å². The Morgan fingerprint density at radius 2 is 2.22 bits per heavy atom. The zero-order chi connectivity index (χ0) is 13.0. The number of rotatable bonds is 4. The zero-order valence-electron chi connectivity index (χ0n) is 9.53. The van der Waals surface area contributed by atoms with E-state index in [1.807, 2.05) is 0 Å². The summed E-state index contributed by atoms with van der Waals surface area (Å²) in [5.41, 5.74) is 0.222. The first kappa shape index (κ1) is 12.4. The van der Waals surface area contributed by atoms with Crippen molar-refractivity contribution in [3.63, 3.8) is 0 Å². The predicted octanol–water partition coefficient (Wildman–Crippen LogP) is 2.33. The van der Waals surface area contributed by atoms with Crippen molar-refractivity contribution >= 4 is 17.7 Å². The molecule has 0 saturated heterocycles. The molecule has 6 heteroatoms. The maximum atomic E-state index is 11.1. The normalized spacial score (nSPS) is 10.1. The molecule has 92 valence electrons. The Morgan fingerprint density at radius 3 is 2.83 bits per heavy atom. The van der Waals surface area contributed by atoms with Crippen molar-refractivity contribution < 1.29 is 14.6 Å². The van der Waals surface area contributed by atoms with E-state index in [0.717, 1.165) is 0 Å². The van der Waals surface area contributed by atoms with E-state index in [1.54, 1.807) is 24.4 Å². The third kappa shape index (κ3) is 2.78. The second-order valence-electron chi connectivity index (χ2n) is 3.32. The van der Waals surface area contributed by atoms with Crippen LogP contribution in [0.5, 0.6) is 5.75 Å². The van der Waals surface area contributed by atoms with Crippen LogP contribution in [0.1, 0.15) is 10.4 Å². The molecule has 0 amide bonds. The molecule has 1 heterocycles. The van der Waals surface area contributed by atoms with Crippen molar-refractivity contribution in [1.82, 2.24) is 9.97 Å². The van der Waals surface area contributed by atoms with Crippen LogP contribution in [0.3, 0.4) is 0 Å². The lowest BCUT2D eigenvalue weighted by molar-refractivity contribution is 0.0693. The van der Waals surface area contributed by atoms with Gasteiger partial charge in [0.25, 0.3) is 0 Å². The van der Waals surface area contributed by atoms with Gasteiger partial charge in [0.1, 0.15) is 17.1 Å². The summed E-state index contributed by atoms with van der Waals surface area (Å²) in [7, 11) is 1.54. The summed E-state index contributed by atoms with van der Waals surface area (Å²) in [6, 6.07) is 6.53. The molecule has 0 aliphatic carbocycles. The molecule has 0 unspecified atom stereocenters. The first-order valence-corrected chi connectivity index (χ1v) is 5.87. The van der Waals surface area contributed by atoms with Crippen LogP contribution in [-0.4, -0.2) is 28.2 Å².